The number of nitrogens with one attached hydrogen (secondary N) is 1. The first-order chi connectivity index (χ1) is 11.2. The lowest BCUT2D eigenvalue weighted by molar-refractivity contribution is -0.115. The van der Waals surface area contributed by atoms with Gasteiger partial charge < -0.3 is 19.2 Å². The Bertz CT molecular complexity index is 901. The van der Waals surface area contributed by atoms with E-state index in [9.17, 15) is 4.79 Å². The van der Waals surface area contributed by atoms with Crippen molar-refractivity contribution in [3.63, 3.8) is 0 Å². The van der Waals surface area contributed by atoms with E-state index in [1.54, 1.807) is 25.1 Å². The molecular weight excluding hydrogens is 296 g/mol. The minimum Gasteiger partial charge on any atom is -0.454 e. The summed E-state index contributed by atoms with van der Waals surface area (Å²) in [5.41, 5.74) is 3.03. The third kappa shape index (κ3) is 2.70. The van der Waals surface area contributed by atoms with Crippen molar-refractivity contribution in [1.82, 2.24) is 4.98 Å². The number of fused-ring (bicyclic) bond motifs is 2. The highest BCUT2D eigenvalue weighted by Crippen LogP contribution is 2.34. The Labute approximate surface area is 132 Å². The van der Waals surface area contributed by atoms with Gasteiger partial charge in [-0.15, -0.1) is 0 Å². The third-order valence-corrected chi connectivity index (χ3v) is 3.58. The number of ether oxygens (including phenoxy) is 2. The zero-order valence-corrected chi connectivity index (χ0v) is 12.5. The van der Waals surface area contributed by atoms with Crippen molar-refractivity contribution in [2.24, 2.45) is 0 Å². The van der Waals surface area contributed by atoms with Gasteiger partial charge in [-0.3, -0.25) is 4.79 Å². The van der Waals surface area contributed by atoms with E-state index < -0.39 is 0 Å². The number of carbonyl (C=O) groups excluding carboxylic acids is 1. The summed E-state index contributed by atoms with van der Waals surface area (Å²) in [7, 11) is 0. The molecule has 3 aromatic rings. The molecule has 0 fully saturated rings. The fraction of sp³-hybridized carbons (Fsp3) is 0.176. The van der Waals surface area contributed by atoms with Gasteiger partial charge in [0.2, 0.25) is 12.7 Å². The molecule has 0 saturated carbocycles. The molecule has 6 nitrogen and oxygen atoms in total. The van der Waals surface area contributed by atoms with Crippen LogP contribution in [0.3, 0.4) is 0 Å². The summed E-state index contributed by atoms with van der Waals surface area (Å²) in [6.45, 7) is 2.01. The molecule has 1 amide bonds. The van der Waals surface area contributed by atoms with E-state index in [0.29, 0.717) is 28.7 Å². The van der Waals surface area contributed by atoms with Crippen LogP contribution in [0.4, 0.5) is 5.69 Å². The molecule has 0 bridgehead atoms. The molecule has 0 aliphatic carbocycles. The average molecular weight is 310 g/mol. The van der Waals surface area contributed by atoms with Crippen LogP contribution in [0.2, 0.25) is 0 Å². The minimum absolute atomic E-state index is 0.112. The van der Waals surface area contributed by atoms with Crippen molar-refractivity contribution in [1.29, 1.82) is 0 Å². The lowest BCUT2D eigenvalue weighted by atomic mass is 10.1. The lowest BCUT2D eigenvalue weighted by Crippen LogP contribution is -2.14. The van der Waals surface area contributed by atoms with Gasteiger partial charge in [-0.1, -0.05) is 6.07 Å². The SMILES string of the molecule is Cc1nc2ccc(CC(=O)Nc3ccc4c(c3)OCO4)cc2o1. The number of amides is 1. The van der Waals surface area contributed by atoms with E-state index in [2.05, 4.69) is 10.3 Å². The molecule has 0 unspecified atom stereocenters. The standard InChI is InChI=1S/C17H14N2O4/c1-10-18-13-4-2-11(6-15(13)23-10)7-17(20)19-12-3-5-14-16(8-12)22-9-21-14/h2-6,8H,7,9H2,1H3,(H,19,20). The van der Waals surface area contributed by atoms with Crippen molar-refractivity contribution >= 4 is 22.7 Å². The van der Waals surface area contributed by atoms with Gasteiger partial charge in [-0.25, -0.2) is 4.98 Å². The molecule has 1 N–H and O–H groups in total. The predicted octanol–water partition coefficient (Wildman–Crippen LogP) is 3.05. The Kier molecular flexibility index (Phi) is 3.15. The molecule has 2 heterocycles. The zero-order valence-electron chi connectivity index (χ0n) is 12.5. The second-order valence-electron chi connectivity index (χ2n) is 5.33. The largest absolute Gasteiger partial charge is 0.454 e. The van der Waals surface area contributed by atoms with Crippen LogP contribution in [0.15, 0.2) is 40.8 Å². The van der Waals surface area contributed by atoms with Crippen LogP contribution >= 0.6 is 0 Å². The van der Waals surface area contributed by atoms with Crippen LogP contribution in [0.1, 0.15) is 11.5 Å². The summed E-state index contributed by atoms with van der Waals surface area (Å²) in [4.78, 5) is 16.4. The highest BCUT2D eigenvalue weighted by molar-refractivity contribution is 5.93. The number of aromatic nitrogens is 1. The molecule has 23 heavy (non-hydrogen) atoms. The number of nitrogens with zero attached hydrogens (tertiary/aromatic N) is 1. The summed E-state index contributed by atoms with van der Waals surface area (Å²) in [5.74, 6) is 1.83. The van der Waals surface area contributed by atoms with Crippen molar-refractivity contribution in [3.8, 4) is 11.5 Å². The van der Waals surface area contributed by atoms with E-state index in [-0.39, 0.29) is 19.1 Å². The Morgan fingerprint density at radius 2 is 2.04 bits per heavy atom. The van der Waals surface area contributed by atoms with Crippen LogP contribution < -0.4 is 14.8 Å². The second-order valence-corrected chi connectivity index (χ2v) is 5.33. The molecule has 1 aliphatic heterocycles. The summed E-state index contributed by atoms with van der Waals surface area (Å²) in [5, 5.41) is 2.85. The first-order valence-electron chi connectivity index (χ1n) is 7.23. The maximum absolute atomic E-state index is 12.2. The van der Waals surface area contributed by atoms with Crippen LogP contribution in [0.25, 0.3) is 11.1 Å². The Morgan fingerprint density at radius 1 is 1.17 bits per heavy atom. The maximum Gasteiger partial charge on any atom is 0.231 e. The van der Waals surface area contributed by atoms with E-state index in [0.717, 1.165) is 11.1 Å². The Balaban J connectivity index is 1.48. The lowest BCUT2D eigenvalue weighted by Gasteiger charge is -2.06. The van der Waals surface area contributed by atoms with Gasteiger partial charge in [-0.2, -0.15) is 0 Å². The molecule has 1 aliphatic rings. The fourth-order valence-corrected chi connectivity index (χ4v) is 2.56. The number of aryl methyl sites for hydroxylation is 1. The van der Waals surface area contributed by atoms with Crippen LogP contribution in [0.5, 0.6) is 11.5 Å². The average Bonchev–Trinajstić information content (AvgIpc) is 3.11. The van der Waals surface area contributed by atoms with Crippen LogP contribution in [0, 0.1) is 6.92 Å². The van der Waals surface area contributed by atoms with Crippen LogP contribution in [-0.2, 0) is 11.2 Å². The number of oxazole rings is 1. The summed E-state index contributed by atoms with van der Waals surface area (Å²) in [6, 6.07) is 10.9. The summed E-state index contributed by atoms with van der Waals surface area (Å²) < 4.78 is 16.0. The van der Waals surface area contributed by atoms with Gasteiger partial charge in [0.15, 0.2) is 23.0 Å². The molecule has 2 aromatic carbocycles. The van der Waals surface area contributed by atoms with Gasteiger partial charge in [-0.05, 0) is 29.8 Å². The number of benzene rings is 2. The monoisotopic (exact) mass is 310 g/mol. The maximum atomic E-state index is 12.2. The van der Waals surface area contributed by atoms with Crippen molar-refractivity contribution < 1.29 is 18.7 Å². The minimum atomic E-state index is -0.112. The molecule has 0 radical (unpaired) electrons. The van der Waals surface area contributed by atoms with E-state index in [4.69, 9.17) is 13.9 Å². The van der Waals surface area contributed by atoms with Gasteiger partial charge >= 0.3 is 0 Å². The third-order valence-electron chi connectivity index (χ3n) is 3.58. The summed E-state index contributed by atoms with van der Waals surface area (Å²) in [6.07, 6.45) is 0.254. The molecule has 0 atom stereocenters. The molecule has 0 spiro atoms. The number of carbonyl (C=O) groups is 1. The van der Waals surface area contributed by atoms with Crippen molar-refractivity contribution in [3.05, 3.63) is 47.9 Å². The fourth-order valence-electron chi connectivity index (χ4n) is 2.56. The Morgan fingerprint density at radius 3 is 2.96 bits per heavy atom. The van der Waals surface area contributed by atoms with E-state index >= 15 is 0 Å². The van der Waals surface area contributed by atoms with Gasteiger partial charge in [0.05, 0.1) is 6.42 Å². The normalized spacial score (nSPS) is 12.6. The zero-order chi connectivity index (χ0) is 15.8. The molecule has 0 saturated heterocycles. The van der Waals surface area contributed by atoms with E-state index in [1.807, 2.05) is 18.2 Å². The Hall–Kier alpha value is -3.02. The molecule has 4 rings (SSSR count). The second kappa shape index (κ2) is 5.31. The van der Waals surface area contributed by atoms with Crippen molar-refractivity contribution in [2.75, 3.05) is 12.1 Å². The molecule has 116 valence electrons. The highest BCUT2D eigenvalue weighted by atomic mass is 16.7. The highest BCUT2D eigenvalue weighted by Gasteiger charge is 2.14. The topological polar surface area (TPSA) is 73.6 Å². The number of hydrogen-bond acceptors (Lipinski definition) is 5. The van der Waals surface area contributed by atoms with Gasteiger partial charge in [0.1, 0.15) is 5.52 Å². The quantitative estimate of drug-likeness (QED) is 0.805. The van der Waals surface area contributed by atoms with Crippen LogP contribution in [-0.4, -0.2) is 17.7 Å². The number of rotatable bonds is 3. The molecule has 6 heteroatoms. The van der Waals surface area contributed by atoms with Gasteiger partial charge in [0.25, 0.3) is 0 Å². The van der Waals surface area contributed by atoms with E-state index in [1.165, 1.54) is 0 Å². The molecular formula is C17H14N2O4. The first-order valence-corrected chi connectivity index (χ1v) is 7.23. The van der Waals surface area contributed by atoms with Gasteiger partial charge in [0, 0.05) is 18.7 Å². The number of anilines is 1. The number of hydrogen-bond donors (Lipinski definition) is 1. The predicted molar refractivity (Wildman–Crippen MR) is 83.6 cm³/mol. The summed E-state index contributed by atoms with van der Waals surface area (Å²) >= 11 is 0. The first kappa shape index (κ1) is 13.6. The van der Waals surface area contributed by atoms with Crippen molar-refractivity contribution in [2.45, 2.75) is 13.3 Å². The molecule has 1 aromatic heterocycles. The smallest absolute Gasteiger partial charge is 0.231 e.